The molecule has 2 aliphatic rings. The summed E-state index contributed by atoms with van der Waals surface area (Å²) in [4.78, 5) is 46.1. The fraction of sp³-hybridized carbons (Fsp3) is 0.556. The normalized spacial score (nSPS) is 18.9. The van der Waals surface area contributed by atoms with Gasteiger partial charge >= 0.3 is 6.09 Å². The highest BCUT2D eigenvalue weighted by molar-refractivity contribution is 7.13. The number of amides is 3. The van der Waals surface area contributed by atoms with Gasteiger partial charge in [0.2, 0.25) is 11.8 Å². The summed E-state index contributed by atoms with van der Waals surface area (Å²) < 4.78 is 5.40. The molecule has 1 saturated carbocycles. The maximum atomic E-state index is 13.5. The molecule has 8 nitrogen and oxygen atoms in total. The van der Waals surface area contributed by atoms with Gasteiger partial charge in [0.15, 0.2) is 0 Å². The smallest absolute Gasteiger partial charge is 0.408 e. The summed E-state index contributed by atoms with van der Waals surface area (Å²) in [5.41, 5.74) is 4.30. The summed E-state index contributed by atoms with van der Waals surface area (Å²) in [6, 6.07) is 6.90. The summed E-state index contributed by atoms with van der Waals surface area (Å²) >= 11 is 1.61. The number of nitrogens with zero attached hydrogens (tertiary/aromatic N) is 2. The number of aryl methyl sites for hydroxylation is 1. The van der Waals surface area contributed by atoms with Crippen molar-refractivity contribution in [3.8, 4) is 10.4 Å². The number of thiazole rings is 1. The monoisotopic (exact) mass is 512 g/mol. The van der Waals surface area contributed by atoms with E-state index in [-0.39, 0.29) is 17.7 Å². The molecule has 3 amide bonds. The molecular formula is C27H36N4O4S. The highest BCUT2D eigenvalue weighted by atomic mass is 32.1. The van der Waals surface area contributed by atoms with Gasteiger partial charge in [-0.1, -0.05) is 30.7 Å². The number of carbonyl (C=O) groups excluding carboxylic acids is 3. The van der Waals surface area contributed by atoms with Crippen LogP contribution in [0.4, 0.5) is 4.79 Å². The Morgan fingerprint density at radius 2 is 1.86 bits per heavy atom. The van der Waals surface area contributed by atoms with E-state index < -0.39 is 23.8 Å². The number of nitrogens with one attached hydrogen (secondary N) is 2. The van der Waals surface area contributed by atoms with E-state index in [0.29, 0.717) is 19.5 Å². The number of hydrogen-bond acceptors (Lipinski definition) is 6. The molecule has 2 heterocycles. The Morgan fingerprint density at radius 1 is 1.14 bits per heavy atom. The highest BCUT2D eigenvalue weighted by Crippen LogP contribution is 2.32. The average Bonchev–Trinajstić information content (AvgIpc) is 3.43. The van der Waals surface area contributed by atoms with Crippen LogP contribution in [0, 0.1) is 12.8 Å². The first kappa shape index (κ1) is 26.1. The van der Waals surface area contributed by atoms with Crippen LogP contribution in [0.1, 0.15) is 64.1 Å². The van der Waals surface area contributed by atoms with Gasteiger partial charge in [0.1, 0.15) is 17.7 Å². The van der Waals surface area contributed by atoms with Crippen molar-refractivity contribution >= 4 is 29.2 Å². The Hall–Kier alpha value is -2.94. The van der Waals surface area contributed by atoms with Crippen LogP contribution in [0.3, 0.4) is 0 Å². The number of hydrogen-bond donors (Lipinski definition) is 2. The topological polar surface area (TPSA) is 101 Å². The lowest BCUT2D eigenvalue weighted by Crippen LogP contribution is -2.57. The largest absolute Gasteiger partial charge is 0.444 e. The highest BCUT2D eigenvalue weighted by Gasteiger charge is 2.42. The summed E-state index contributed by atoms with van der Waals surface area (Å²) in [6.07, 6.45) is 3.59. The fourth-order valence-electron chi connectivity index (χ4n) is 4.73. The van der Waals surface area contributed by atoms with Crippen molar-refractivity contribution in [2.24, 2.45) is 5.92 Å². The van der Waals surface area contributed by atoms with Crippen molar-refractivity contribution < 1.29 is 19.1 Å². The molecule has 0 radical (unpaired) electrons. The van der Waals surface area contributed by atoms with Crippen LogP contribution in [-0.2, 0) is 20.9 Å². The molecule has 2 fully saturated rings. The molecule has 2 atom stereocenters. The van der Waals surface area contributed by atoms with Crippen LogP contribution in [0.5, 0.6) is 0 Å². The quantitative estimate of drug-likeness (QED) is 0.572. The van der Waals surface area contributed by atoms with E-state index in [1.165, 1.54) is 0 Å². The van der Waals surface area contributed by atoms with Gasteiger partial charge in [-0.3, -0.25) is 9.59 Å². The molecule has 9 heteroatoms. The number of carbonyl (C=O) groups is 3. The number of likely N-dealkylation sites (tertiary alicyclic amines) is 1. The minimum atomic E-state index is -0.662. The molecule has 1 saturated heterocycles. The second-order valence-corrected chi connectivity index (χ2v) is 11.5. The SMILES string of the molecule is Cc1ncsc1-c1ccc(CNC(=O)C2CCCN2C(=O)C(NC(=O)OC(C)(C)C)C2CCC2)cc1. The van der Waals surface area contributed by atoms with Gasteiger partial charge in [-0.25, -0.2) is 9.78 Å². The van der Waals surface area contributed by atoms with Gasteiger partial charge in [0.05, 0.1) is 16.1 Å². The third kappa shape index (κ3) is 6.24. The first-order chi connectivity index (χ1) is 17.1. The predicted octanol–water partition coefficient (Wildman–Crippen LogP) is 4.42. The molecule has 0 bridgehead atoms. The second kappa shape index (κ2) is 11.0. The van der Waals surface area contributed by atoms with Crippen molar-refractivity contribution in [3.05, 3.63) is 41.0 Å². The van der Waals surface area contributed by atoms with Crippen LogP contribution >= 0.6 is 11.3 Å². The van der Waals surface area contributed by atoms with Crippen molar-refractivity contribution in [2.75, 3.05) is 6.54 Å². The fourth-order valence-corrected chi connectivity index (χ4v) is 5.54. The van der Waals surface area contributed by atoms with Crippen molar-refractivity contribution in [1.82, 2.24) is 20.5 Å². The number of aromatic nitrogens is 1. The molecule has 1 aromatic heterocycles. The van der Waals surface area contributed by atoms with Gasteiger partial charge in [0.25, 0.3) is 0 Å². The summed E-state index contributed by atoms with van der Waals surface area (Å²) in [5.74, 6) is -0.268. The first-order valence-corrected chi connectivity index (χ1v) is 13.6. The Bertz CT molecular complexity index is 1090. The van der Waals surface area contributed by atoms with E-state index in [0.717, 1.165) is 47.4 Å². The minimum absolute atomic E-state index is 0.0787. The molecule has 1 aliphatic carbocycles. The molecule has 194 valence electrons. The van der Waals surface area contributed by atoms with Gasteiger partial charge in [-0.15, -0.1) is 11.3 Å². The molecule has 0 spiro atoms. The van der Waals surface area contributed by atoms with Crippen molar-refractivity contribution in [1.29, 1.82) is 0 Å². The lowest BCUT2D eigenvalue weighted by Gasteiger charge is -2.37. The minimum Gasteiger partial charge on any atom is -0.444 e. The zero-order valence-corrected chi connectivity index (χ0v) is 22.3. The van der Waals surface area contributed by atoms with E-state index in [9.17, 15) is 14.4 Å². The third-order valence-corrected chi connectivity index (χ3v) is 7.80. The predicted molar refractivity (Wildman–Crippen MR) is 139 cm³/mol. The van der Waals surface area contributed by atoms with Gasteiger partial charge in [-0.05, 0) is 70.4 Å². The van der Waals surface area contributed by atoms with Gasteiger partial charge < -0.3 is 20.3 Å². The van der Waals surface area contributed by atoms with Crippen LogP contribution in [0.2, 0.25) is 0 Å². The Labute approximate surface area is 216 Å². The Balaban J connectivity index is 1.36. The number of alkyl carbamates (subject to hydrolysis) is 1. The molecular weight excluding hydrogens is 476 g/mol. The van der Waals surface area contributed by atoms with Gasteiger partial charge in [-0.2, -0.15) is 0 Å². The summed E-state index contributed by atoms with van der Waals surface area (Å²) in [5, 5.41) is 5.81. The maximum absolute atomic E-state index is 13.5. The van der Waals surface area contributed by atoms with E-state index in [1.807, 2.05) is 36.7 Å². The molecule has 2 aromatic rings. The third-order valence-electron chi connectivity index (χ3n) is 6.83. The van der Waals surface area contributed by atoms with Gasteiger partial charge in [0, 0.05) is 13.1 Å². The van der Waals surface area contributed by atoms with Crippen molar-refractivity contribution in [3.63, 3.8) is 0 Å². The molecule has 2 unspecified atom stereocenters. The van der Waals surface area contributed by atoms with Crippen LogP contribution < -0.4 is 10.6 Å². The summed E-state index contributed by atoms with van der Waals surface area (Å²) in [6.45, 7) is 8.28. The standard InChI is InChI=1S/C27H36N4O4S/c1-17-23(36-16-29-17)20-12-10-18(11-13-20)15-28-24(32)21-9-6-14-31(21)25(33)22(19-7-5-8-19)30-26(34)35-27(2,3)4/h10-13,16,19,21-22H,5-9,14-15H2,1-4H3,(H,28,32)(H,30,34). The number of rotatable bonds is 7. The van der Waals surface area contributed by atoms with Crippen molar-refractivity contribution in [2.45, 2.75) is 84.0 Å². The maximum Gasteiger partial charge on any atom is 0.408 e. The average molecular weight is 513 g/mol. The second-order valence-electron chi connectivity index (χ2n) is 10.7. The van der Waals surface area contributed by atoms with Crippen LogP contribution in [0.25, 0.3) is 10.4 Å². The first-order valence-electron chi connectivity index (χ1n) is 12.7. The molecule has 36 heavy (non-hydrogen) atoms. The zero-order valence-electron chi connectivity index (χ0n) is 21.5. The van der Waals surface area contributed by atoms with E-state index in [4.69, 9.17) is 4.74 Å². The van der Waals surface area contributed by atoms with E-state index in [2.05, 4.69) is 15.6 Å². The number of ether oxygens (including phenoxy) is 1. The lowest BCUT2D eigenvalue weighted by atomic mass is 9.79. The summed E-state index contributed by atoms with van der Waals surface area (Å²) in [7, 11) is 0. The molecule has 2 N–H and O–H groups in total. The van der Waals surface area contributed by atoms with Crippen LogP contribution in [-0.4, -0.2) is 52.0 Å². The van der Waals surface area contributed by atoms with Crippen LogP contribution in [0.15, 0.2) is 29.8 Å². The Morgan fingerprint density at radius 3 is 2.44 bits per heavy atom. The van der Waals surface area contributed by atoms with E-state index in [1.54, 1.807) is 37.0 Å². The zero-order chi connectivity index (χ0) is 25.9. The molecule has 1 aromatic carbocycles. The van der Waals surface area contributed by atoms with E-state index >= 15 is 0 Å². The molecule has 1 aliphatic heterocycles. The number of benzene rings is 1. The molecule has 4 rings (SSSR count). The Kier molecular flexibility index (Phi) is 7.97. The lowest BCUT2D eigenvalue weighted by molar-refractivity contribution is -0.141.